The molecule has 7 heteroatoms. The van der Waals surface area contributed by atoms with Gasteiger partial charge < -0.3 is 14.6 Å². The summed E-state index contributed by atoms with van der Waals surface area (Å²) in [6.07, 6.45) is 2.61. The lowest BCUT2D eigenvalue weighted by atomic mass is 9.97. The average molecular weight is 292 g/mol. The molecule has 0 rings (SSSR count). The lowest BCUT2D eigenvalue weighted by Gasteiger charge is -2.16. The molecule has 1 amide bonds. The molecule has 0 aromatic rings. The number of rotatable bonds is 10. The molecule has 19 heavy (non-hydrogen) atoms. The fourth-order valence-electron chi connectivity index (χ4n) is 1.05. The fraction of sp³-hybridized carbons (Fsp3) is 0.750. The predicted octanol–water partition coefficient (Wildman–Crippen LogP) is 1.39. The SMILES string of the molecule is CC(=O)NSNCOCC(C)C(C)C=COC(C)O. The molecule has 0 radical (unpaired) electrons. The van der Waals surface area contributed by atoms with Crippen molar-refractivity contribution in [3.63, 3.8) is 0 Å². The normalized spacial score (nSPS) is 16.1. The van der Waals surface area contributed by atoms with E-state index in [4.69, 9.17) is 14.6 Å². The van der Waals surface area contributed by atoms with Crippen LogP contribution >= 0.6 is 12.1 Å². The van der Waals surface area contributed by atoms with Crippen molar-refractivity contribution in [2.75, 3.05) is 13.3 Å². The van der Waals surface area contributed by atoms with E-state index in [1.165, 1.54) is 13.2 Å². The van der Waals surface area contributed by atoms with Gasteiger partial charge in [-0.05, 0) is 24.8 Å². The summed E-state index contributed by atoms with van der Waals surface area (Å²) >= 11 is 1.10. The quantitative estimate of drug-likeness (QED) is 0.244. The monoisotopic (exact) mass is 292 g/mol. The number of allylic oxidation sites excluding steroid dienone is 1. The first-order valence-corrected chi connectivity index (χ1v) is 6.98. The first-order chi connectivity index (χ1) is 8.93. The first-order valence-electron chi connectivity index (χ1n) is 6.16. The molecule has 0 saturated heterocycles. The number of amides is 1. The first kappa shape index (κ1) is 18.2. The Bertz CT molecular complexity index is 274. The van der Waals surface area contributed by atoms with E-state index in [0.717, 1.165) is 12.1 Å². The van der Waals surface area contributed by atoms with E-state index in [-0.39, 0.29) is 11.8 Å². The van der Waals surface area contributed by atoms with Gasteiger partial charge in [-0.15, -0.1) is 0 Å². The maximum atomic E-state index is 10.6. The molecule has 0 aromatic carbocycles. The fourth-order valence-corrected chi connectivity index (χ4v) is 1.41. The molecule has 0 aliphatic heterocycles. The van der Waals surface area contributed by atoms with Gasteiger partial charge in [0.05, 0.1) is 12.9 Å². The third kappa shape index (κ3) is 12.0. The van der Waals surface area contributed by atoms with E-state index in [2.05, 4.69) is 23.3 Å². The van der Waals surface area contributed by atoms with E-state index < -0.39 is 6.29 Å². The minimum Gasteiger partial charge on any atom is -0.473 e. The summed E-state index contributed by atoms with van der Waals surface area (Å²) < 4.78 is 15.7. The van der Waals surface area contributed by atoms with Crippen LogP contribution in [0.3, 0.4) is 0 Å². The molecule has 0 aromatic heterocycles. The van der Waals surface area contributed by atoms with Crippen LogP contribution < -0.4 is 9.44 Å². The van der Waals surface area contributed by atoms with E-state index in [9.17, 15) is 4.79 Å². The second-order valence-corrected chi connectivity index (χ2v) is 5.02. The molecule has 0 aliphatic rings. The summed E-state index contributed by atoms with van der Waals surface area (Å²) in [6.45, 7) is 8.07. The predicted molar refractivity (Wildman–Crippen MR) is 75.6 cm³/mol. The Kier molecular flexibility index (Phi) is 10.7. The van der Waals surface area contributed by atoms with Crippen molar-refractivity contribution in [2.45, 2.75) is 34.0 Å². The number of carbonyl (C=O) groups is 1. The van der Waals surface area contributed by atoms with Crippen LogP contribution in [0.25, 0.3) is 0 Å². The van der Waals surface area contributed by atoms with Gasteiger partial charge in [0, 0.05) is 19.1 Å². The third-order valence-electron chi connectivity index (χ3n) is 2.36. The molecule has 6 nitrogen and oxygen atoms in total. The average Bonchev–Trinajstić information content (AvgIpc) is 2.32. The van der Waals surface area contributed by atoms with Crippen LogP contribution in [-0.2, 0) is 14.3 Å². The highest BCUT2D eigenvalue weighted by Crippen LogP contribution is 2.12. The summed E-state index contributed by atoms with van der Waals surface area (Å²) in [7, 11) is 0. The number of hydrogen-bond donors (Lipinski definition) is 3. The number of ether oxygens (including phenoxy) is 2. The van der Waals surface area contributed by atoms with Crippen LogP contribution in [0.2, 0.25) is 0 Å². The Hall–Kier alpha value is -0.760. The highest BCUT2D eigenvalue weighted by Gasteiger charge is 2.09. The Labute approximate surface area is 119 Å². The van der Waals surface area contributed by atoms with Crippen LogP contribution in [0.15, 0.2) is 12.3 Å². The summed E-state index contributed by atoms with van der Waals surface area (Å²) in [5.74, 6) is 0.492. The zero-order valence-corrected chi connectivity index (χ0v) is 12.7. The van der Waals surface area contributed by atoms with Crippen molar-refractivity contribution in [1.29, 1.82) is 0 Å². The maximum Gasteiger partial charge on any atom is 0.227 e. The van der Waals surface area contributed by atoms with Gasteiger partial charge in [0.15, 0.2) is 6.29 Å². The summed E-state index contributed by atoms with van der Waals surface area (Å²) in [6, 6.07) is 0. The maximum absolute atomic E-state index is 10.6. The van der Waals surface area contributed by atoms with Crippen LogP contribution in [-0.4, -0.2) is 30.6 Å². The Morgan fingerprint density at radius 1 is 1.42 bits per heavy atom. The lowest BCUT2D eigenvalue weighted by molar-refractivity contribution is -0.117. The summed E-state index contributed by atoms with van der Waals surface area (Å²) in [4.78, 5) is 10.6. The topological polar surface area (TPSA) is 79.8 Å². The van der Waals surface area contributed by atoms with Crippen LogP contribution in [0, 0.1) is 11.8 Å². The molecule has 3 unspecified atom stereocenters. The zero-order valence-electron chi connectivity index (χ0n) is 11.9. The van der Waals surface area contributed by atoms with Crippen molar-refractivity contribution in [2.24, 2.45) is 11.8 Å². The lowest BCUT2D eigenvalue weighted by Crippen LogP contribution is -2.22. The van der Waals surface area contributed by atoms with Gasteiger partial charge in [-0.1, -0.05) is 13.8 Å². The number of hydrogen-bond acceptors (Lipinski definition) is 6. The van der Waals surface area contributed by atoms with Gasteiger partial charge >= 0.3 is 0 Å². The van der Waals surface area contributed by atoms with Gasteiger partial charge in [-0.25, -0.2) is 4.72 Å². The van der Waals surface area contributed by atoms with Crippen molar-refractivity contribution in [3.8, 4) is 0 Å². The Morgan fingerprint density at radius 3 is 2.68 bits per heavy atom. The molecular formula is C12H24N2O4S. The minimum absolute atomic E-state index is 0.109. The van der Waals surface area contributed by atoms with E-state index in [1.54, 1.807) is 6.92 Å². The highest BCUT2D eigenvalue weighted by atomic mass is 32.2. The number of aliphatic hydroxyl groups is 1. The zero-order chi connectivity index (χ0) is 14.7. The molecule has 0 saturated carbocycles. The van der Waals surface area contributed by atoms with E-state index in [0.29, 0.717) is 19.3 Å². The van der Waals surface area contributed by atoms with Gasteiger partial charge in [-0.2, -0.15) is 0 Å². The van der Waals surface area contributed by atoms with Gasteiger partial charge in [0.1, 0.15) is 6.73 Å². The highest BCUT2D eigenvalue weighted by molar-refractivity contribution is 7.96. The number of nitrogens with one attached hydrogen (secondary N) is 2. The second kappa shape index (κ2) is 11.1. The Balaban J connectivity index is 3.59. The molecule has 0 heterocycles. The molecular weight excluding hydrogens is 268 g/mol. The van der Waals surface area contributed by atoms with Gasteiger partial charge in [-0.3, -0.25) is 9.52 Å². The van der Waals surface area contributed by atoms with Crippen LogP contribution in [0.4, 0.5) is 0 Å². The number of carbonyl (C=O) groups excluding carboxylic acids is 1. The Morgan fingerprint density at radius 2 is 2.11 bits per heavy atom. The standard InChI is InChI=1S/C12H24N2O4S/c1-9(5-6-18-12(4)16)10(2)7-17-8-13-19-14-11(3)15/h5-6,9-10,12-13,16H,7-8H2,1-4H3,(H,14,15). The molecule has 3 N–H and O–H groups in total. The second-order valence-electron chi connectivity index (χ2n) is 4.32. The molecule has 112 valence electrons. The summed E-state index contributed by atoms with van der Waals surface area (Å²) in [5.41, 5.74) is 0. The van der Waals surface area contributed by atoms with E-state index in [1.807, 2.05) is 6.08 Å². The number of aliphatic hydroxyl groups excluding tert-OH is 1. The molecule has 3 atom stereocenters. The summed E-state index contributed by atoms with van der Waals surface area (Å²) in [5, 5.41) is 8.93. The van der Waals surface area contributed by atoms with Crippen molar-refractivity contribution in [3.05, 3.63) is 12.3 Å². The van der Waals surface area contributed by atoms with E-state index >= 15 is 0 Å². The smallest absolute Gasteiger partial charge is 0.227 e. The third-order valence-corrected chi connectivity index (χ3v) is 3.02. The van der Waals surface area contributed by atoms with Gasteiger partial charge in [0.25, 0.3) is 0 Å². The van der Waals surface area contributed by atoms with Crippen LogP contribution in [0.1, 0.15) is 27.7 Å². The molecule has 0 bridgehead atoms. The van der Waals surface area contributed by atoms with Crippen molar-refractivity contribution >= 4 is 18.0 Å². The molecule has 0 spiro atoms. The van der Waals surface area contributed by atoms with Crippen molar-refractivity contribution in [1.82, 2.24) is 9.44 Å². The largest absolute Gasteiger partial charge is 0.473 e. The molecule has 0 aliphatic carbocycles. The van der Waals surface area contributed by atoms with Gasteiger partial charge in [0.2, 0.25) is 5.91 Å². The minimum atomic E-state index is -0.787. The van der Waals surface area contributed by atoms with Crippen molar-refractivity contribution < 1.29 is 19.4 Å². The van der Waals surface area contributed by atoms with Crippen LogP contribution in [0.5, 0.6) is 0 Å². The molecule has 0 fully saturated rings.